The first-order chi connectivity index (χ1) is 8.61. The maximum atomic E-state index is 11.9. The Morgan fingerprint density at radius 3 is 2.78 bits per heavy atom. The molecule has 0 bridgehead atoms. The van der Waals surface area contributed by atoms with Crippen molar-refractivity contribution in [1.82, 2.24) is 14.8 Å². The van der Waals surface area contributed by atoms with Gasteiger partial charge in [-0.15, -0.1) is 11.3 Å². The van der Waals surface area contributed by atoms with Gasteiger partial charge in [0, 0.05) is 24.7 Å². The van der Waals surface area contributed by atoms with E-state index < -0.39 is 0 Å². The zero-order chi connectivity index (χ0) is 13.1. The van der Waals surface area contributed by atoms with Crippen LogP contribution in [0.25, 0.3) is 0 Å². The number of rotatable bonds is 5. The third-order valence-corrected chi connectivity index (χ3v) is 3.14. The van der Waals surface area contributed by atoms with Crippen LogP contribution in [0, 0.1) is 0 Å². The first-order valence-corrected chi connectivity index (χ1v) is 6.03. The number of ketones is 2. The van der Waals surface area contributed by atoms with E-state index >= 15 is 0 Å². The summed E-state index contributed by atoms with van der Waals surface area (Å²) in [6.45, 7) is 0. The number of hydrogen-bond acceptors (Lipinski definition) is 6. The van der Waals surface area contributed by atoms with Gasteiger partial charge < -0.3 is 4.74 Å². The molecule has 0 spiro atoms. The molecule has 0 unspecified atom stereocenters. The number of nitrogens with zero attached hydrogens (tertiary/aromatic N) is 3. The summed E-state index contributed by atoms with van der Waals surface area (Å²) >= 11 is 1.22. The second-order valence-electron chi connectivity index (χ2n) is 3.56. The van der Waals surface area contributed by atoms with E-state index in [4.69, 9.17) is 4.74 Å². The molecule has 0 aliphatic carbocycles. The summed E-state index contributed by atoms with van der Waals surface area (Å²) in [5, 5.41) is 6.02. The Morgan fingerprint density at radius 1 is 1.44 bits per heavy atom. The van der Waals surface area contributed by atoms with Gasteiger partial charge >= 0.3 is 0 Å². The number of methoxy groups -OCH3 is 1. The summed E-state index contributed by atoms with van der Waals surface area (Å²) < 4.78 is 6.45. The van der Waals surface area contributed by atoms with Crippen LogP contribution in [0.1, 0.15) is 26.7 Å². The molecule has 0 atom stereocenters. The van der Waals surface area contributed by atoms with Crippen LogP contribution in [-0.2, 0) is 7.05 Å². The Kier molecular flexibility index (Phi) is 3.52. The second kappa shape index (κ2) is 5.09. The fourth-order valence-electron chi connectivity index (χ4n) is 1.45. The Balaban J connectivity index is 2.10. The highest BCUT2D eigenvalue weighted by Gasteiger charge is 2.19. The van der Waals surface area contributed by atoms with Gasteiger partial charge in [0.25, 0.3) is 0 Å². The summed E-state index contributed by atoms with van der Waals surface area (Å²) in [4.78, 5) is 27.4. The van der Waals surface area contributed by atoms with Crippen LogP contribution in [0.15, 0.2) is 17.6 Å². The van der Waals surface area contributed by atoms with Gasteiger partial charge in [-0.05, 0) is 0 Å². The van der Waals surface area contributed by atoms with Crippen LogP contribution in [0.2, 0.25) is 0 Å². The van der Waals surface area contributed by atoms with Gasteiger partial charge in [-0.25, -0.2) is 9.67 Å². The summed E-state index contributed by atoms with van der Waals surface area (Å²) in [6.07, 6.45) is 1.31. The van der Waals surface area contributed by atoms with Gasteiger partial charge in [-0.1, -0.05) is 0 Å². The number of aromatic nitrogens is 3. The molecule has 94 valence electrons. The predicted molar refractivity (Wildman–Crippen MR) is 65.2 cm³/mol. The van der Waals surface area contributed by atoms with Gasteiger partial charge in [0.05, 0.1) is 13.5 Å². The average molecular weight is 265 g/mol. The summed E-state index contributed by atoms with van der Waals surface area (Å²) in [7, 11) is 3.16. The molecule has 6 nitrogen and oxygen atoms in total. The topological polar surface area (TPSA) is 74.1 Å². The summed E-state index contributed by atoms with van der Waals surface area (Å²) in [6, 6.07) is 1.51. The maximum absolute atomic E-state index is 11.9. The lowest BCUT2D eigenvalue weighted by atomic mass is 10.1. The number of hydrogen-bond donors (Lipinski definition) is 0. The molecule has 0 saturated heterocycles. The van der Waals surface area contributed by atoms with E-state index in [0.717, 1.165) is 0 Å². The van der Waals surface area contributed by atoms with Crippen molar-refractivity contribution in [2.24, 2.45) is 7.05 Å². The molecule has 0 saturated carbocycles. The minimum Gasteiger partial charge on any atom is -0.481 e. The number of thiazole rings is 1. The number of Topliss-reactive ketones (excluding diaryl/α,β-unsaturated/α-hetero) is 2. The number of carbonyl (C=O) groups is 2. The molecule has 0 N–H and O–H groups in total. The average Bonchev–Trinajstić information content (AvgIpc) is 2.97. The van der Waals surface area contributed by atoms with E-state index in [9.17, 15) is 9.59 Å². The molecule has 18 heavy (non-hydrogen) atoms. The summed E-state index contributed by atoms with van der Waals surface area (Å²) in [5.41, 5.74) is 0.222. The van der Waals surface area contributed by atoms with Crippen LogP contribution in [0.4, 0.5) is 0 Å². The van der Waals surface area contributed by atoms with Crippen molar-refractivity contribution < 1.29 is 14.3 Å². The molecule has 0 amide bonds. The third-order valence-electron chi connectivity index (χ3n) is 2.32. The van der Waals surface area contributed by atoms with Gasteiger partial charge in [0.1, 0.15) is 5.69 Å². The van der Waals surface area contributed by atoms with E-state index in [1.165, 1.54) is 35.4 Å². The van der Waals surface area contributed by atoms with Crippen molar-refractivity contribution in [2.75, 3.05) is 7.11 Å². The molecule has 2 heterocycles. The van der Waals surface area contributed by atoms with Crippen LogP contribution >= 0.6 is 11.3 Å². The lowest BCUT2D eigenvalue weighted by Crippen LogP contribution is -2.09. The van der Waals surface area contributed by atoms with Crippen LogP contribution < -0.4 is 4.74 Å². The molecule has 0 aromatic carbocycles. The Labute approximate surface area is 107 Å². The third kappa shape index (κ3) is 2.45. The minimum atomic E-state index is -0.339. The van der Waals surface area contributed by atoms with Crippen molar-refractivity contribution in [1.29, 1.82) is 0 Å². The van der Waals surface area contributed by atoms with Crippen molar-refractivity contribution in [2.45, 2.75) is 6.42 Å². The molecule has 0 radical (unpaired) electrons. The Hall–Kier alpha value is -2.02. The number of carbonyl (C=O) groups excluding carboxylic acids is 2. The van der Waals surface area contributed by atoms with Crippen LogP contribution in [0.5, 0.6) is 5.88 Å². The molecular formula is C11H11N3O3S. The number of ether oxygens (including phenoxy) is 1. The maximum Gasteiger partial charge on any atom is 0.211 e. The molecule has 7 heteroatoms. The molecule has 2 rings (SSSR count). The predicted octanol–water partition coefficient (Wildman–Crippen LogP) is 1.34. The molecule has 2 aromatic heterocycles. The first kappa shape index (κ1) is 12.4. The number of aryl methyl sites for hydroxylation is 1. The molecule has 0 aliphatic rings. The van der Waals surface area contributed by atoms with E-state index in [1.807, 2.05) is 0 Å². The van der Waals surface area contributed by atoms with Crippen molar-refractivity contribution in [3.8, 4) is 5.88 Å². The van der Waals surface area contributed by atoms with E-state index in [-0.39, 0.29) is 23.7 Å². The SMILES string of the molecule is COc1cc(C(=O)CC(=O)c2nccs2)nn1C. The van der Waals surface area contributed by atoms with E-state index in [0.29, 0.717) is 10.9 Å². The molecule has 0 fully saturated rings. The zero-order valence-corrected chi connectivity index (χ0v) is 10.7. The first-order valence-electron chi connectivity index (χ1n) is 5.15. The Bertz CT molecular complexity index is 574. The lowest BCUT2D eigenvalue weighted by molar-refractivity contribution is 0.0891. The van der Waals surface area contributed by atoms with Crippen molar-refractivity contribution in [3.63, 3.8) is 0 Å². The van der Waals surface area contributed by atoms with E-state index in [1.54, 1.807) is 12.4 Å². The highest BCUT2D eigenvalue weighted by atomic mass is 32.1. The Morgan fingerprint density at radius 2 is 2.22 bits per heavy atom. The highest BCUT2D eigenvalue weighted by molar-refractivity contribution is 7.11. The van der Waals surface area contributed by atoms with Gasteiger partial charge in [-0.2, -0.15) is 5.10 Å². The van der Waals surface area contributed by atoms with Gasteiger partial charge in [-0.3, -0.25) is 9.59 Å². The lowest BCUT2D eigenvalue weighted by Gasteiger charge is -1.95. The highest BCUT2D eigenvalue weighted by Crippen LogP contribution is 2.14. The quantitative estimate of drug-likeness (QED) is 0.602. The van der Waals surface area contributed by atoms with Gasteiger partial charge in [0.15, 0.2) is 16.6 Å². The fraction of sp³-hybridized carbons (Fsp3) is 0.273. The van der Waals surface area contributed by atoms with Gasteiger partial charge in [0.2, 0.25) is 5.88 Å². The fourth-order valence-corrected chi connectivity index (χ4v) is 2.03. The van der Waals surface area contributed by atoms with Crippen molar-refractivity contribution >= 4 is 22.9 Å². The van der Waals surface area contributed by atoms with E-state index in [2.05, 4.69) is 10.1 Å². The summed E-state index contributed by atoms with van der Waals surface area (Å²) in [5.74, 6) is -0.159. The molecule has 2 aromatic rings. The monoisotopic (exact) mass is 265 g/mol. The van der Waals surface area contributed by atoms with Crippen LogP contribution in [-0.4, -0.2) is 33.4 Å². The molecule has 0 aliphatic heterocycles. The largest absolute Gasteiger partial charge is 0.481 e. The van der Waals surface area contributed by atoms with Crippen molar-refractivity contribution in [3.05, 3.63) is 28.3 Å². The standard InChI is InChI=1S/C11H11N3O3S/c1-14-10(17-2)5-7(13-14)8(15)6-9(16)11-12-3-4-18-11/h3-5H,6H2,1-2H3. The minimum absolute atomic E-state index is 0.222. The zero-order valence-electron chi connectivity index (χ0n) is 9.91. The second-order valence-corrected chi connectivity index (χ2v) is 4.45. The smallest absolute Gasteiger partial charge is 0.211 e. The normalized spacial score (nSPS) is 10.3. The van der Waals surface area contributed by atoms with Crippen LogP contribution in [0.3, 0.4) is 0 Å². The molecular weight excluding hydrogens is 254 g/mol.